The first-order valence-electron chi connectivity index (χ1n) is 6.70. The van der Waals surface area contributed by atoms with Crippen molar-refractivity contribution in [2.24, 2.45) is 0 Å². The number of nitrogens with zero attached hydrogens (tertiary/aromatic N) is 2. The molecule has 108 valence electrons. The number of cyclic esters (lactones) is 1. The predicted molar refractivity (Wildman–Crippen MR) is 69.8 cm³/mol. The summed E-state index contributed by atoms with van der Waals surface area (Å²) in [6, 6.07) is 9.17. The molecule has 2 heterocycles. The third kappa shape index (κ3) is 2.47. The average Bonchev–Trinajstić information content (AvgIpc) is 2.82. The van der Waals surface area contributed by atoms with Gasteiger partial charge < -0.3 is 4.74 Å². The van der Waals surface area contributed by atoms with Crippen LogP contribution < -0.4 is 4.90 Å². The van der Waals surface area contributed by atoms with Crippen molar-refractivity contribution in [2.45, 2.75) is 24.9 Å². The molecule has 2 saturated heterocycles. The third-order valence-corrected chi connectivity index (χ3v) is 3.84. The largest absolute Gasteiger partial charge is 0.445 e. The first-order valence-corrected chi connectivity index (χ1v) is 6.70. The Bertz CT molecular complexity index is 485. The summed E-state index contributed by atoms with van der Waals surface area (Å²) in [5.41, 5.74) is 0.734. The molecule has 0 aromatic heterocycles. The number of anilines is 1. The average molecular weight is 282 g/mol. The molecule has 1 aromatic carbocycles. The van der Waals surface area contributed by atoms with E-state index in [0.29, 0.717) is 0 Å². The normalized spacial score (nSPS) is 26.6. The molecule has 2 aliphatic heterocycles. The molecule has 20 heavy (non-hydrogen) atoms. The maximum atomic E-state index is 13.2. The number of likely N-dealkylation sites (tertiary alicyclic amines) is 1. The number of benzene rings is 1. The number of piperidine rings is 1. The van der Waals surface area contributed by atoms with Crippen LogP contribution in [0.1, 0.15) is 12.8 Å². The van der Waals surface area contributed by atoms with E-state index in [1.807, 2.05) is 35.2 Å². The summed E-state index contributed by atoms with van der Waals surface area (Å²) in [6.07, 6.45) is -1.04. The van der Waals surface area contributed by atoms with Crippen molar-refractivity contribution in [1.82, 2.24) is 4.90 Å². The first-order chi connectivity index (χ1) is 9.57. The topological polar surface area (TPSA) is 32.8 Å². The first kappa shape index (κ1) is 13.3. The fourth-order valence-corrected chi connectivity index (χ4v) is 2.70. The minimum absolute atomic E-state index is 0.166. The highest BCUT2D eigenvalue weighted by molar-refractivity contribution is 5.90. The van der Waals surface area contributed by atoms with Crippen molar-refractivity contribution >= 4 is 11.8 Å². The van der Waals surface area contributed by atoms with Crippen molar-refractivity contribution < 1.29 is 18.3 Å². The fraction of sp³-hybridized carbons (Fsp3) is 0.500. The maximum absolute atomic E-state index is 13.2. The molecule has 4 nitrogen and oxygen atoms in total. The number of carbonyl (C=O) groups is 1. The van der Waals surface area contributed by atoms with Gasteiger partial charge in [-0.2, -0.15) is 0 Å². The Labute approximate surface area is 115 Å². The molecule has 1 amide bonds. The zero-order valence-electron chi connectivity index (χ0n) is 11.0. The molecule has 6 heteroatoms. The number of carbonyl (C=O) groups excluding carboxylic acids is 1. The lowest BCUT2D eigenvalue weighted by molar-refractivity contribution is -0.0630. The van der Waals surface area contributed by atoms with Crippen LogP contribution in [0.3, 0.4) is 0 Å². The highest BCUT2D eigenvalue weighted by Crippen LogP contribution is 2.32. The summed E-state index contributed by atoms with van der Waals surface area (Å²) >= 11 is 0. The van der Waals surface area contributed by atoms with Crippen molar-refractivity contribution in [1.29, 1.82) is 0 Å². The Morgan fingerprint density at radius 1 is 1.15 bits per heavy atom. The van der Waals surface area contributed by atoms with Gasteiger partial charge in [0, 0.05) is 31.6 Å². The molecule has 2 aliphatic rings. The molecule has 0 aliphatic carbocycles. The Balaban J connectivity index is 1.77. The zero-order chi connectivity index (χ0) is 14.2. The van der Waals surface area contributed by atoms with E-state index in [9.17, 15) is 13.6 Å². The minimum Gasteiger partial charge on any atom is -0.445 e. The SMILES string of the molecule is O=C1OCC(N2CCC(F)(F)CC2)N1c1ccccc1. The Morgan fingerprint density at radius 3 is 2.45 bits per heavy atom. The number of rotatable bonds is 2. The second-order valence-electron chi connectivity index (χ2n) is 5.16. The van der Waals surface area contributed by atoms with Crippen LogP contribution >= 0.6 is 0 Å². The van der Waals surface area contributed by atoms with Gasteiger partial charge in [0.25, 0.3) is 5.92 Å². The number of para-hydroxylation sites is 1. The van der Waals surface area contributed by atoms with Crippen LogP contribution in [0.5, 0.6) is 0 Å². The van der Waals surface area contributed by atoms with Gasteiger partial charge in [0.05, 0.1) is 0 Å². The van der Waals surface area contributed by atoms with Crippen LogP contribution in [0.4, 0.5) is 19.3 Å². The van der Waals surface area contributed by atoms with E-state index in [1.54, 1.807) is 4.90 Å². The summed E-state index contributed by atoms with van der Waals surface area (Å²) in [5.74, 6) is -2.59. The van der Waals surface area contributed by atoms with E-state index in [1.165, 1.54) is 0 Å². The molecule has 1 atom stereocenters. The molecule has 2 fully saturated rings. The van der Waals surface area contributed by atoms with E-state index in [2.05, 4.69) is 0 Å². The van der Waals surface area contributed by atoms with Crippen LogP contribution in [-0.2, 0) is 4.74 Å². The van der Waals surface area contributed by atoms with Crippen LogP contribution in [0.2, 0.25) is 0 Å². The molecule has 0 N–H and O–H groups in total. The second kappa shape index (κ2) is 5.01. The van der Waals surface area contributed by atoms with E-state index < -0.39 is 12.0 Å². The monoisotopic (exact) mass is 282 g/mol. The predicted octanol–water partition coefficient (Wildman–Crippen LogP) is 2.70. The number of hydrogen-bond acceptors (Lipinski definition) is 3. The van der Waals surface area contributed by atoms with E-state index in [0.717, 1.165) is 5.69 Å². The number of halogens is 2. The van der Waals surface area contributed by atoms with Gasteiger partial charge in [0.15, 0.2) is 0 Å². The number of ether oxygens (including phenoxy) is 1. The Morgan fingerprint density at radius 2 is 1.80 bits per heavy atom. The van der Waals surface area contributed by atoms with E-state index in [-0.39, 0.29) is 38.7 Å². The summed E-state index contributed by atoms with van der Waals surface area (Å²) in [4.78, 5) is 15.3. The highest BCUT2D eigenvalue weighted by Gasteiger charge is 2.42. The quantitative estimate of drug-likeness (QED) is 0.836. The lowest BCUT2D eigenvalue weighted by atomic mass is 10.1. The van der Waals surface area contributed by atoms with Crippen LogP contribution in [0, 0.1) is 0 Å². The number of alkyl halides is 2. The lowest BCUT2D eigenvalue weighted by Crippen LogP contribution is -2.52. The maximum Gasteiger partial charge on any atom is 0.415 e. The van der Waals surface area contributed by atoms with Gasteiger partial charge in [-0.15, -0.1) is 0 Å². The van der Waals surface area contributed by atoms with Gasteiger partial charge >= 0.3 is 6.09 Å². The number of hydrogen-bond donors (Lipinski definition) is 0. The van der Waals surface area contributed by atoms with Gasteiger partial charge in [0.1, 0.15) is 12.8 Å². The van der Waals surface area contributed by atoms with Gasteiger partial charge in [-0.25, -0.2) is 13.6 Å². The molecule has 0 radical (unpaired) electrons. The number of amides is 1. The molecular formula is C14H16F2N2O2. The Kier molecular flexibility index (Phi) is 3.33. The van der Waals surface area contributed by atoms with E-state index in [4.69, 9.17) is 4.74 Å². The Hall–Kier alpha value is -1.69. The summed E-state index contributed by atoms with van der Waals surface area (Å²) < 4.78 is 31.5. The molecule has 1 unspecified atom stereocenters. The van der Waals surface area contributed by atoms with Gasteiger partial charge in [0.2, 0.25) is 0 Å². The second-order valence-corrected chi connectivity index (χ2v) is 5.16. The molecule has 0 spiro atoms. The van der Waals surface area contributed by atoms with Crippen LogP contribution in [0.25, 0.3) is 0 Å². The molecule has 3 rings (SSSR count). The minimum atomic E-state index is -2.59. The standard InChI is InChI=1S/C14H16F2N2O2/c15-14(16)6-8-17(9-7-14)12-10-20-13(19)18(12)11-4-2-1-3-5-11/h1-5,12H,6-10H2. The van der Waals surface area contributed by atoms with Gasteiger partial charge in [-0.3, -0.25) is 9.80 Å². The molecule has 1 aromatic rings. The molecule has 0 bridgehead atoms. The van der Waals surface area contributed by atoms with Crippen LogP contribution in [0.15, 0.2) is 30.3 Å². The van der Waals surface area contributed by atoms with Crippen LogP contribution in [-0.4, -0.2) is 42.8 Å². The molecule has 0 saturated carbocycles. The molecular weight excluding hydrogens is 266 g/mol. The fourth-order valence-electron chi connectivity index (χ4n) is 2.70. The summed E-state index contributed by atoms with van der Waals surface area (Å²) in [5, 5.41) is 0. The van der Waals surface area contributed by atoms with Gasteiger partial charge in [-0.1, -0.05) is 18.2 Å². The van der Waals surface area contributed by atoms with E-state index >= 15 is 0 Å². The van der Waals surface area contributed by atoms with Crippen molar-refractivity contribution in [3.63, 3.8) is 0 Å². The lowest BCUT2D eigenvalue weighted by Gasteiger charge is -2.37. The van der Waals surface area contributed by atoms with Crippen molar-refractivity contribution in [3.05, 3.63) is 30.3 Å². The third-order valence-electron chi connectivity index (χ3n) is 3.84. The zero-order valence-corrected chi connectivity index (χ0v) is 11.0. The van der Waals surface area contributed by atoms with Gasteiger partial charge in [-0.05, 0) is 12.1 Å². The van der Waals surface area contributed by atoms with Crippen molar-refractivity contribution in [2.75, 3.05) is 24.6 Å². The van der Waals surface area contributed by atoms with Crippen molar-refractivity contribution in [3.8, 4) is 0 Å². The summed E-state index contributed by atoms with van der Waals surface area (Å²) in [7, 11) is 0. The summed E-state index contributed by atoms with van der Waals surface area (Å²) in [6.45, 7) is 0.772. The highest BCUT2D eigenvalue weighted by atomic mass is 19.3. The smallest absolute Gasteiger partial charge is 0.415 e.